The standard InChI is InChI=1S/C31H39N3O2/c1-19(2)23-13-12-20(3)26(16-23)34-15-14-25-24(30(34)35)17-27(33(8)18-31(6,7)36)29(32-25)28-21(4)10-9-11-22(28)5/h9-13,16-17,19,36H,14-15,18H2,1-8H3. The van der Waals surface area contributed by atoms with Crippen molar-refractivity contribution in [1.82, 2.24) is 4.98 Å². The van der Waals surface area contributed by atoms with E-state index in [0.29, 0.717) is 31.0 Å². The van der Waals surface area contributed by atoms with Gasteiger partial charge < -0.3 is 14.9 Å². The fraction of sp³-hybridized carbons (Fsp3) is 0.419. The van der Waals surface area contributed by atoms with E-state index >= 15 is 0 Å². The number of amides is 1. The number of hydrogen-bond donors (Lipinski definition) is 1. The van der Waals surface area contributed by atoms with Gasteiger partial charge in [0.1, 0.15) is 0 Å². The van der Waals surface area contributed by atoms with Crippen molar-refractivity contribution in [3.63, 3.8) is 0 Å². The lowest BCUT2D eigenvalue weighted by molar-refractivity contribution is 0.0886. The summed E-state index contributed by atoms with van der Waals surface area (Å²) in [5.74, 6) is 0.374. The molecule has 190 valence electrons. The molecule has 0 fully saturated rings. The third-order valence-corrected chi connectivity index (χ3v) is 7.07. The summed E-state index contributed by atoms with van der Waals surface area (Å²) in [6, 6.07) is 14.7. The predicted octanol–water partition coefficient (Wildman–Crippen LogP) is 6.21. The first-order chi connectivity index (χ1) is 16.9. The van der Waals surface area contributed by atoms with Gasteiger partial charge >= 0.3 is 0 Å². The first kappa shape index (κ1) is 25.9. The Morgan fingerprint density at radius 2 is 1.72 bits per heavy atom. The van der Waals surface area contributed by atoms with Crippen LogP contribution in [0.4, 0.5) is 11.4 Å². The average Bonchev–Trinajstić information content (AvgIpc) is 2.78. The molecule has 0 radical (unpaired) electrons. The predicted molar refractivity (Wildman–Crippen MR) is 149 cm³/mol. The average molecular weight is 486 g/mol. The first-order valence-electron chi connectivity index (χ1n) is 12.8. The number of hydrogen-bond acceptors (Lipinski definition) is 4. The largest absolute Gasteiger partial charge is 0.389 e. The van der Waals surface area contributed by atoms with Crippen molar-refractivity contribution >= 4 is 17.3 Å². The Balaban J connectivity index is 1.86. The second kappa shape index (κ2) is 9.70. The third kappa shape index (κ3) is 5.03. The van der Waals surface area contributed by atoms with Crippen LogP contribution in [0.1, 0.15) is 71.9 Å². The van der Waals surface area contributed by atoms with Crippen LogP contribution in [-0.4, -0.2) is 41.7 Å². The van der Waals surface area contributed by atoms with Crippen molar-refractivity contribution in [3.8, 4) is 11.3 Å². The molecular weight excluding hydrogens is 446 g/mol. The van der Waals surface area contributed by atoms with Gasteiger partial charge in [-0.05, 0) is 74.9 Å². The molecule has 3 aromatic rings. The van der Waals surface area contributed by atoms with Crippen LogP contribution >= 0.6 is 0 Å². The third-order valence-electron chi connectivity index (χ3n) is 7.07. The van der Waals surface area contributed by atoms with E-state index in [1.165, 1.54) is 5.56 Å². The Kier molecular flexibility index (Phi) is 6.98. The van der Waals surface area contributed by atoms with E-state index in [1.54, 1.807) is 13.8 Å². The van der Waals surface area contributed by atoms with E-state index in [2.05, 4.69) is 71.0 Å². The number of likely N-dealkylation sites (N-methyl/N-ethyl adjacent to an activating group) is 1. The highest BCUT2D eigenvalue weighted by atomic mass is 16.3. The Hall–Kier alpha value is -3.18. The SMILES string of the molecule is Cc1ccc(C(C)C)cc1N1CCc2nc(-c3c(C)cccc3C)c(N(C)CC(C)(C)O)cc2C1=O. The Morgan fingerprint density at radius 1 is 1.06 bits per heavy atom. The summed E-state index contributed by atoms with van der Waals surface area (Å²) in [4.78, 5) is 23.0. The zero-order valence-corrected chi connectivity index (χ0v) is 22.9. The van der Waals surface area contributed by atoms with Gasteiger partial charge in [0.15, 0.2) is 0 Å². The smallest absolute Gasteiger partial charge is 0.260 e. The lowest BCUT2D eigenvalue weighted by Gasteiger charge is -2.33. The van der Waals surface area contributed by atoms with E-state index in [4.69, 9.17) is 4.98 Å². The van der Waals surface area contributed by atoms with Gasteiger partial charge in [-0.25, -0.2) is 4.98 Å². The minimum Gasteiger partial charge on any atom is -0.389 e. The van der Waals surface area contributed by atoms with Crippen LogP contribution in [0.5, 0.6) is 0 Å². The highest BCUT2D eigenvalue weighted by Crippen LogP contribution is 2.38. The second-order valence-corrected chi connectivity index (χ2v) is 11.2. The molecule has 2 heterocycles. The molecule has 1 N–H and O–H groups in total. The number of rotatable bonds is 6. The molecule has 0 saturated heterocycles. The topological polar surface area (TPSA) is 56.7 Å². The maximum atomic E-state index is 13.9. The number of carbonyl (C=O) groups excluding carboxylic acids is 1. The highest BCUT2D eigenvalue weighted by Gasteiger charge is 2.31. The summed E-state index contributed by atoms with van der Waals surface area (Å²) in [6.07, 6.45) is 0.694. The van der Waals surface area contributed by atoms with E-state index in [0.717, 1.165) is 45.0 Å². The highest BCUT2D eigenvalue weighted by molar-refractivity contribution is 6.09. The number of benzene rings is 2. The number of pyridine rings is 1. The van der Waals surface area contributed by atoms with Crippen LogP contribution in [-0.2, 0) is 6.42 Å². The maximum absolute atomic E-state index is 13.9. The molecule has 1 aromatic heterocycles. The van der Waals surface area contributed by atoms with Gasteiger partial charge in [-0.2, -0.15) is 0 Å². The maximum Gasteiger partial charge on any atom is 0.260 e. The quantitative estimate of drug-likeness (QED) is 0.451. The number of carbonyl (C=O) groups is 1. The van der Waals surface area contributed by atoms with E-state index < -0.39 is 5.60 Å². The van der Waals surface area contributed by atoms with Crippen molar-refractivity contribution in [1.29, 1.82) is 0 Å². The first-order valence-corrected chi connectivity index (χ1v) is 12.8. The minimum atomic E-state index is -0.896. The summed E-state index contributed by atoms with van der Waals surface area (Å²) in [5.41, 5.74) is 8.99. The number of aliphatic hydroxyl groups is 1. The molecule has 2 aromatic carbocycles. The Bertz CT molecular complexity index is 1280. The molecule has 36 heavy (non-hydrogen) atoms. The molecule has 0 unspecified atom stereocenters. The zero-order valence-electron chi connectivity index (χ0n) is 22.9. The fourth-order valence-corrected chi connectivity index (χ4v) is 5.22. The molecule has 5 heteroatoms. The Labute approximate surface area is 215 Å². The normalized spacial score (nSPS) is 13.8. The molecule has 1 amide bonds. The van der Waals surface area contributed by atoms with E-state index in [1.807, 2.05) is 22.9 Å². The molecule has 1 aliphatic rings. The van der Waals surface area contributed by atoms with Gasteiger partial charge in [-0.15, -0.1) is 0 Å². The number of nitrogens with zero attached hydrogens (tertiary/aromatic N) is 3. The summed E-state index contributed by atoms with van der Waals surface area (Å²) in [5, 5.41) is 10.6. The van der Waals surface area contributed by atoms with E-state index in [9.17, 15) is 9.90 Å². The van der Waals surface area contributed by atoms with Gasteiger partial charge in [0.05, 0.1) is 28.2 Å². The van der Waals surface area contributed by atoms with Gasteiger partial charge in [-0.1, -0.05) is 44.2 Å². The molecule has 0 spiro atoms. The lowest BCUT2D eigenvalue weighted by atomic mass is 9.94. The van der Waals surface area contributed by atoms with Crippen LogP contribution in [0.2, 0.25) is 0 Å². The van der Waals surface area contributed by atoms with Crippen LogP contribution < -0.4 is 9.80 Å². The summed E-state index contributed by atoms with van der Waals surface area (Å²) >= 11 is 0. The van der Waals surface area contributed by atoms with Crippen molar-refractivity contribution in [2.24, 2.45) is 0 Å². The van der Waals surface area contributed by atoms with Gasteiger partial charge in [0.2, 0.25) is 0 Å². The number of anilines is 2. The van der Waals surface area contributed by atoms with Crippen LogP contribution in [0.15, 0.2) is 42.5 Å². The van der Waals surface area contributed by atoms with Crippen molar-refractivity contribution in [3.05, 3.63) is 76.0 Å². The van der Waals surface area contributed by atoms with E-state index in [-0.39, 0.29) is 5.91 Å². The van der Waals surface area contributed by atoms with Crippen molar-refractivity contribution in [2.75, 3.05) is 29.9 Å². The van der Waals surface area contributed by atoms with Crippen LogP contribution in [0, 0.1) is 20.8 Å². The molecule has 5 nitrogen and oxygen atoms in total. The number of aromatic nitrogens is 1. The Morgan fingerprint density at radius 3 is 2.33 bits per heavy atom. The second-order valence-electron chi connectivity index (χ2n) is 11.2. The molecule has 0 saturated carbocycles. The molecule has 0 bridgehead atoms. The van der Waals surface area contributed by atoms with Crippen LogP contribution in [0.25, 0.3) is 11.3 Å². The van der Waals surface area contributed by atoms with Gasteiger partial charge in [0.25, 0.3) is 5.91 Å². The molecular formula is C31H39N3O2. The molecule has 4 rings (SSSR count). The number of fused-ring (bicyclic) bond motifs is 1. The van der Waals surface area contributed by atoms with Crippen molar-refractivity contribution in [2.45, 2.75) is 66.4 Å². The van der Waals surface area contributed by atoms with Gasteiger partial charge in [-0.3, -0.25) is 4.79 Å². The summed E-state index contributed by atoms with van der Waals surface area (Å²) in [6.45, 7) is 15.2. The van der Waals surface area contributed by atoms with Crippen molar-refractivity contribution < 1.29 is 9.90 Å². The number of aryl methyl sites for hydroxylation is 3. The minimum absolute atomic E-state index is 0.0151. The molecule has 0 atom stereocenters. The zero-order chi connectivity index (χ0) is 26.4. The summed E-state index contributed by atoms with van der Waals surface area (Å²) in [7, 11) is 1.96. The lowest BCUT2D eigenvalue weighted by Crippen LogP contribution is -2.40. The monoisotopic (exact) mass is 485 g/mol. The fourth-order valence-electron chi connectivity index (χ4n) is 5.22. The van der Waals surface area contributed by atoms with Crippen LogP contribution in [0.3, 0.4) is 0 Å². The molecule has 0 aliphatic carbocycles. The summed E-state index contributed by atoms with van der Waals surface area (Å²) < 4.78 is 0. The van der Waals surface area contributed by atoms with Gasteiger partial charge in [0, 0.05) is 37.8 Å². The molecule has 1 aliphatic heterocycles.